The Morgan fingerprint density at radius 3 is 2.69 bits per heavy atom. The molecule has 1 fully saturated rings. The molecule has 1 aliphatic carbocycles. The Morgan fingerprint density at radius 1 is 1.38 bits per heavy atom. The van der Waals surface area contributed by atoms with E-state index in [1.54, 1.807) is 12.1 Å². The van der Waals surface area contributed by atoms with Crippen molar-refractivity contribution in [2.24, 2.45) is 4.99 Å². The summed E-state index contributed by atoms with van der Waals surface area (Å²) < 4.78 is 0.636. The number of halogens is 1. The number of phenolic OH excluding ortho intramolecular Hbond substituents is 1. The lowest BCUT2D eigenvalue weighted by atomic mass is 9.88. The zero-order chi connectivity index (χ0) is 11.6. The number of hydrogen-bond acceptors (Lipinski definition) is 3. The molecule has 0 aliphatic heterocycles. The van der Waals surface area contributed by atoms with Crippen molar-refractivity contribution in [1.29, 1.82) is 0 Å². The van der Waals surface area contributed by atoms with Crippen molar-refractivity contribution in [2.75, 3.05) is 0 Å². The topological polar surface area (TPSA) is 49.7 Å². The summed E-state index contributed by atoms with van der Waals surface area (Å²) in [6.45, 7) is 0. The van der Waals surface area contributed by atoms with E-state index >= 15 is 0 Å². The first-order valence-corrected chi connectivity index (χ1v) is 6.06. The molecule has 0 unspecified atom stereocenters. The summed E-state index contributed by atoms with van der Waals surface area (Å²) >= 11 is 3.28. The van der Waals surface area contributed by atoms with Gasteiger partial charge in [0.25, 0.3) is 0 Å². The van der Waals surface area contributed by atoms with Gasteiger partial charge in [0, 0.05) is 5.56 Å². The molecule has 0 amide bonds. The van der Waals surface area contributed by atoms with Crippen molar-refractivity contribution in [2.45, 2.75) is 31.2 Å². The molecular formula is C12H12BrNO2. The van der Waals surface area contributed by atoms with Gasteiger partial charge >= 0.3 is 0 Å². The van der Waals surface area contributed by atoms with Crippen LogP contribution >= 0.6 is 15.9 Å². The zero-order valence-corrected chi connectivity index (χ0v) is 10.3. The van der Waals surface area contributed by atoms with Crippen molar-refractivity contribution in [3.63, 3.8) is 0 Å². The highest BCUT2D eigenvalue weighted by Gasteiger charge is 2.38. The lowest BCUT2D eigenvalue weighted by Gasteiger charge is -2.24. The summed E-state index contributed by atoms with van der Waals surface area (Å²) in [6.07, 6.45) is 5.29. The lowest BCUT2D eigenvalue weighted by Crippen LogP contribution is -2.19. The number of nitrogens with zero attached hydrogens (tertiary/aromatic N) is 1. The van der Waals surface area contributed by atoms with Crippen molar-refractivity contribution in [3.05, 3.63) is 28.2 Å². The van der Waals surface area contributed by atoms with Gasteiger partial charge in [-0.05, 0) is 34.8 Å². The molecular weight excluding hydrogens is 270 g/mol. The molecule has 1 aliphatic rings. The fraction of sp³-hybridized carbons (Fsp3) is 0.417. The van der Waals surface area contributed by atoms with E-state index in [-0.39, 0.29) is 5.75 Å². The standard InChI is InChI=1S/C12H12BrNO2/c13-10-5-3-4-9(11(10)16)12(14-8-15)6-1-2-7-12/h3-5,16H,1-2,6-7H2. The fourth-order valence-electron chi connectivity index (χ4n) is 2.38. The van der Waals surface area contributed by atoms with E-state index in [4.69, 9.17) is 0 Å². The largest absolute Gasteiger partial charge is 0.506 e. The molecule has 4 heteroatoms. The molecule has 2 rings (SSSR count). The second kappa shape index (κ2) is 4.40. The number of aliphatic imine (C=N–C) groups is 1. The Kier molecular flexibility index (Phi) is 3.13. The van der Waals surface area contributed by atoms with E-state index in [0.717, 1.165) is 31.2 Å². The van der Waals surface area contributed by atoms with E-state index in [1.807, 2.05) is 12.1 Å². The Balaban J connectivity index is 2.55. The van der Waals surface area contributed by atoms with Gasteiger partial charge in [0.15, 0.2) is 0 Å². The molecule has 1 saturated carbocycles. The smallest absolute Gasteiger partial charge is 0.235 e. The van der Waals surface area contributed by atoms with Crippen LogP contribution in [0.25, 0.3) is 0 Å². The van der Waals surface area contributed by atoms with E-state index < -0.39 is 5.54 Å². The summed E-state index contributed by atoms with van der Waals surface area (Å²) in [5.41, 5.74) is 0.165. The summed E-state index contributed by atoms with van der Waals surface area (Å²) in [4.78, 5) is 14.5. The Morgan fingerprint density at radius 2 is 2.06 bits per heavy atom. The number of isocyanates is 1. The highest BCUT2D eigenvalue weighted by atomic mass is 79.9. The average molecular weight is 282 g/mol. The van der Waals surface area contributed by atoms with Crippen LogP contribution in [-0.4, -0.2) is 11.2 Å². The van der Waals surface area contributed by atoms with Crippen molar-refractivity contribution in [3.8, 4) is 5.75 Å². The molecule has 0 atom stereocenters. The number of para-hydroxylation sites is 1. The molecule has 0 aromatic heterocycles. The lowest BCUT2D eigenvalue weighted by molar-refractivity contribution is 0.407. The van der Waals surface area contributed by atoms with Crippen molar-refractivity contribution >= 4 is 22.0 Å². The minimum Gasteiger partial charge on any atom is -0.506 e. The van der Waals surface area contributed by atoms with Gasteiger partial charge in [-0.2, -0.15) is 4.99 Å². The van der Waals surface area contributed by atoms with E-state index in [0.29, 0.717) is 4.47 Å². The van der Waals surface area contributed by atoms with E-state index in [9.17, 15) is 9.90 Å². The molecule has 0 heterocycles. The second-order valence-electron chi connectivity index (χ2n) is 4.08. The van der Waals surface area contributed by atoms with Gasteiger partial charge in [-0.3, -0.25) is 0 Å². The predicted octanol–water partition coefficient (Wildman–Crippen LogP) is 3.26. The number of hydrogen-bond donors (Lipinski definition) is 1. The maximum atomic E-state index is 10.6. The second-order valence-corrected chi connectivity index (χ2v) is 4.93. The van der Waals surface area contributed by atoms with Gasteiger partial charge in [-0.15, -0.1) is 0 Å². The van der Waals surface area contributed by atoms with Crippen LogP contribution in [-0.2, 0) is 10.3 Å². The maximum absolute atomic E-state index is 10.6. The quantitative estimate of drug-likeness (QED) is 0.668. The average Bonchev–Trinajstić information content (AvgIpc) is 2.72. The van der Waals surface area contributed by atoms with Crippen LogP contribution < -0.4 is 0 Å². The predicted molar refractivity (Wildman–Crippen MR) is 64.1 cm³/mol. The molecule has 0 bridgehead atoms. The first kappa shape index (κ1) is 11.4. The molecule has 0 saturated heterocycles. The Labute approximate surface area is 102 Å². The summed E-state index contributed by atoms with van der Waals surface area (Å²) in [6, 6.07) is 5.44. The van der Waals surface area contributed by atoms with Gasteiger partial charge in [0.05, 0.1) is 4.47 Å². The van der Waals surface area contributed by atoms with Crippen molar-refractivity contribution in [1.82, 2.24) is 0 Å². The fourth-order valence-corrected chi connectivity index (χ4v) is 2.75. The summed E-state index contributed by atoms with van der Waals surface area (Å²) in [5, 5.41) is 10.0. The summed E-state index contributed by atoms with van der Waals surface area (Å²) in [7, 11) is 0. The molecule has 1 N–H and O–H groups in total. The number of rotatable bonds is 2. The van der Waals surface area contributed by atoms with Gasteiger partial charge in [0.2, 0.25) is 6.08 Å². The maximum Gasteiger partial charge on any atom is 0.235 e. The Hall–Kier alpha value is -1.12. The minimum atomic E-state index is -0.560. The normalized spacial score (nSPS) is 18.1. The zero-order valence-electron chi connectivity index (χ0n) is 8.74. The number of aromatic hydroxyl groups is 1. The third-order valence-corrected chi connectivity index (χ3v) is 3.82. The minimum absolute atomic E-state index is 0.184. The molecule has 1 aromatic carbocycles. The van der Waals surface area contributed by atoms with Gasteiger partial charge in [-0.1, -0.05) is 25.0 Å². The molecule has 0 radical (unpaired) electrons. The van der Waals surface area contributed by atoms with Crippen LogP contribution in [0.3, 0.4) is 0 Å². The van der Waals surface area contributed by atoms with Crippen LogP contribution in [0.1, 0.15) is 31.2 Å². The molecule has 16 heavy (non-hydrogen) atoms. The first-order valence-electron chi connectivity index (χ1n) is 5.27. The van der Waals surface area contributed by atoms with Gasteiger partial charge in [-0.25, -0.2) is 4.79 Å². The van der Waals surface area contributed by atoms with Crippen LogP contribution in [0, 0.1) is 0 Å². The van der Waals surface area contributed by atoms with Crippen LogP contribution in [0.5, 0.6) is 5.75 Å². The highest BCUT2D eigenvalue weighted by Crippen LogP contribution is 2.46. The van der Waals surface area contributed by atoms with Crippen LogP contribution in [0.4, 0.5) is 0 Å². The highest BCUT2D eigenvalue weighted by molar-refractivity contribution is 9.10. The third kappa shape index (κ3) is 1.79. The molecule has 0 spiro atoms. The number of carbonyl (C=O) groups excluding carboxylic acids is 1. The summed E-state index contributed by atoms with van der Waals surface area (Å²) in [5.74, 6) is 0.184. The van der Waals surface area contributed by atoms with Crippen LogP contribution in [0.2, 0.25) is 0 Å². The Bertz CT molecular complexity index is 446. The number of benzene rings is 1. The molecule has 3 nitrogen and oxygen atoms in total. The molecule has 1 aromatic rings. The van der Waals surface area contributed by atoms with Gasteiger partial charge < -0.3 is 5.11 Å². The molecule has 84 valence electrons. The first-order chi connectivity index (χ1) is 7.69. The van der Waals surface area contributed by atoms with E-state index in [1.165, 1.54) is 0 Å². The van der Waals surface area contributed by atoms with Crippen molar-refractivity contribution < 1.29 is 9.90 Å². The number of phenols is 1. The third-order valence-electron chi connectivity index (χ3n) is 3.18. The SMILES string of the molecule is O=C=NC1(c2cccc(Br)c2O)CCCC1. The monoisotopic (exact) mass is 281 g/mol. The van der Waals surface area contributed by atoms with Gasteiger partial charge in [0.1, 0.15) is 11.3 Å². The van der Waals surface area contributed by atoms with E-state index in [2.05, 4.69) is 20.9 Å². The van der Waals surface area contributed by atoms with Crippen LogP contribution in [0.15, 0.2) is 27.7 Å².